The summed E-state index contributed by atoms with van der Waals surface area (Å²) in [5, 5.41) is 29.3. The summed E-state index contributed by atoms with van der Waals surface area (Å²) in [6.07, 6.45) is -6.85. The van der Waals surface area contributed by atoms with Crippen molar-refractivity contribution >= 4 is 33.4 Å². The molecule has 11 heteroatoms. The molecule has 0 radical (unpaired) electrons. The van der Waals surface area contributed by atoms with E-state index in [0.717, 1.165) is 3.94 Å². The predicted molar refractivity (Wildman–Crippen MR) is 84.6 cm³/mol. The van der Waals surface area contributed by atoms with Gasteiger partial charge in [-0.25, -0.2) is 8.42 Å². The van der Waals surface area contributed by atoms with E-state index in [1.807, 2.05) is 0 Å². The number of hydrogen-bond acceptors (Lipinski definition) is 8. The molecule has 0 bridgehead atoms. The molecule has 8 nitrogen and oxygen atoms in total. The van der Waals surface area contributed by atoms with Gasteiger partial charge in [-0.1, -0.05) is 0 Å². The SMILES string of the molecule is COC1OC(CS(=O)(=O)CCC(C)(C)N(Cl)Cl)C(O)C(O)C1O. The second kappa shape index (κ2) is 8.11. The van der Waals surface area contributed by atoms with E-state index >= 15 is 0 Å². The fourth-order valence-corrected chi connectivity index (χ4v) is 3.99. The van der Waals surface area contributed by atoms with Crippen molar-refractivity contribution in [3.63, 3.8) is 0 Å². The molecule has 0 saturated carbocycles. The maximum absolute atomic E-state index is 12.2. The highest BCUT2D eigenvalue weighted by Crippen LogP contribution is 2.26. The molecular weight excluding hydrogens is 373 g/mol. The number of methoxy groups -OCH3 is 1. The van der Waals surface area contributed by atoms with Crippen LogP contribution in [-0.2, 0) is 19.3 Å². The van der Waals surface area contributed by atoms with Crippen LogP contribution in [0.5, 0.6) is 0 Å². The van der Waals surface area contributed by atoms with Gasteiger partial charge < -0.3 is 24.8 Å². The van der Waals surface area contributed by atoms with Gasteiger partial charge in [-0.15, -0.1) is 3.94 Å². The summed E-state index contributed by atoms with van der Waals surface area (Å²) in [7, 11) is -2.39. The number of nitrogens with zero attached hydrogens (tertiary/aromatic N) is 1. The number of ether oxygens (including phenoxy) is 2. The molecule has 0 amide bonds. The van der Waals surface area contributed by atoms with Crippen LogP contribution in [0, 0.1) is 0 Å². The molecule has 1 rings (SSSR count). The lowest BCUT2D eigenvalue weighted by Crippen LogP contribution is -2.59. The van der Waals surface area contributed by atoms with Gasteiger partial charge in [0.15, 0.2) is 16.1 Å². The third kappa shape index (κ3) is 5.65. The quantitative estimate of drug-likeness (QED) is 0.500. The van der Waals surface area contributed by atoms with Crippen molar-refractivity contribution in [3.05, 3.63) is 0 Å². The summed E-state index contributed by atoms with van der Waals surface area (Å²) in [5.74, 6) is -0.767. The molecule has 1 aliphatic rings. The Kier molecular flexibility index (Phi) is 7.52. The molecule has 0 aromatic rings. The van der Waals surface area contributed by atoms with Crippen LogP contribution in [0.15, 0.2) is 0 Å². The van der Waals surface area contributed by atoms with E-state index in [2.05, 4.69) is 0 Å². The zero-order chi connectivity index (χ0) is 18.0. The lowest BCUT2D eigenvalue weighted by Gasteiger charge is -2.39. The van der Waals surface area contributed by atoms with E-state index in [1.165, 1.54) is 7.11 Å². The van der Waals surface area contributed by atoms with Crippen LogP contribution in [-0.4, -0.2) is 82.5 Å². The maximum Gasteiger partial charge on any atom is 0.186 e. The Morgan fingerprint density at radius 3 is 2.22 bits per heavy atom. The van der Waals surface area contributed by atoms with Crippen molar-refractivity contribution in [1.82, 2.24) is 3.94 Å². The number of aliphatic hydroxyl groups excluding tert-OH is 3. The first kappa shape index (κ1) is 21.3. The van der Waals surface area contributed by atoms with Crippen molar-refractivity contribution < 1.29 is 33.2 Å². The van der Waals surface area contributed by atoms with Crippen molar-refractivity contribution in [1.29, 1.82) is 0 Å². The molecule has 0 aromatic carbocycles. The smallest absolute Gasteiger partial charge is 0.186 e. The number of rotatable bonds is 7. The van der Waals surface area contributed by atoms with Crippen LogP contribution < -0.4 is 0 Å². The van der Waals surface area contributed by atoms with Crippen molar-refractivity contribution in [2.75, 3.05) is 18.6 Å². The highest BCUT2D eigenvalue weighted by Gasteiger charge is 2.45. The Morgan fingerprint density at radius 2 is 1.74 bits per heavy atom. The molecule has 0 aromatic heterocycles. The Morgan fingerprint density at radius 1 is 1.17 bits per heavy atom. The first-order valence-corrected chi connectivity index (χ1v) is 9.45. The lowest BCUT2D eigenvalue weighted by molar-refractivity contribution is -0.285. The molecule has 1 aliphatic heterocycles. The van der Waals surface area contributed by atoms with Crippen LogP contribution >= 0.6 is 23.6 Å². The Bertz CT molecular complexity index is 486. The van der Waals surface area contributed by atoms with E-state index in [0.29, 0.717) is 0 Å². The second-order valence-corrected chi connectivity index (χ2v) is 9.24. The zero-order valence-electron chi connectivity index (χ0n) is 13.1. The van der Waals surface area contributed by atoms with Crippen molar-refractivity contribution in [2.24, 2.45) is 0 Å². The second-order valence-electron chi connectivity index (χ2n) is 6.16. The molecule has 23 heavy (non-hydrogen) atoms. The van der Waals surface area contributed by atoms with Gasteiger partial charge in [0.25, 0.3) is 0 Å². The predicted octanol–water partition coefficient (Wildman–Crippen LogP) is -0.367. The lowest BCUT2D eigenvalue weighted by atomic mass is 10.00. The van der Waals surface area contributed by atoms with Gasteiger partial charge in [-0.3, -0.25) is 0 Å². The minimum Gasteiger partial charge on any atom is -0.388 e. The fourth-order valence-electron chi connectivity index (χ4n) is 2.07. The Hall–Kier alpha value is 0.290. The van der Waals surface area contributed by atoms with E-state index in [9.17, 15) is 23.7 Å². The van der Waals surface area contributed by atoms with Crippen LogP contribution in [0.2, 0.25) is 0 Å². The van der Waals surface area contributed by atoms with E-state index in [4.69, 9.17) is 33.0 Å². The maximum atomic E-state index is 12.2. The highest BCUT2D eigenvalue weighted by atomic mass is 35.5. The topological polar surface area (TPSA) is 117 Å². The van der Waals surface area contributed by atoms with Crippen LogP contribution in [0.1, 0.15) is 20.3 Å². The molecule has 5 atom stereocenters. The highest BCUT2D eigenvalue weighted by molar-refractivity contribution is 7.91. The molecule has 1 fully saturated rings. The summed E-state index contributed by atoms with van der Waals surface area (Å²) < 4.78 is 35.4. The van der Waals surface area contributed by atoms with Gasteiger partial charge >= 0.3 is 0 Å². The average Bonchev–Trinajstić information content (AvgIpc) is 2.46. The fraction of sp³-hybridized carbons (Fsp3) is 1.00. The van der Waals surface area contributed by atoms with Gasteiger partial charge in [-0.05, 0) is 43.8 Å². The van der Waals surface area contributed by atoms with Gasteiger partial charge in [-0.2, -0.15) is 0 Å². The summed E-state index contributed by atoms with van der Waals surface area (Å²) in [6.45, 7) is 3.35. The van der Waals surface area contributed by atoms with E-state index in [-0.39, 0.29) is 12.2 Å². The Labute approximate surface area is 146 Å². The van der Waals surface area contributed by atoms with E-state index < -0.39 is 51.8 Å². The first-order valence-electron chi connectivity index (χ1n) is 6.96. The molecule has 3 N–H and O–H groups in total. The minimum atomic E-state index is -3.63. The molecular formula is C12H23Cl2NO7S. The molecule has 1 heterocycles. The number of sulfone groups is 1. The monoisotopic (exact) mass is 395 g/mol. The Balaban J connectivity index is 2.73. The summed E-state index contributed by atoms with van der Waals surface area (Å²) >= 11 is 11.3. The summed E-state index contributed by atoms with van der Waals surface area (Å²) in [6, 6.07) is 0. The number of halogens is 2. The third-order valence-corrected chi connectivity index (χ3v) is 6.38. The van der Waals surface area contributed by atoms with Gasteiger partial charge in [0.2, 0.25) is 0 Å². The summed E-state index contributed by atoms with van der Waals surface area (Å²) in [5.41, 5.74) is -0.757. The van der Waals surface area contributed by atoms with Gasteiger partial charge in [0.05, 0.1) is 11.5 Å². The van der Waals surface area contributed by atoms with Crippen molar-refractivity contribution in [3.8, 4) is 0 Å². The third-order valence-electron chi connectivity index (χ3n) is 3.80. The van der Waals surface area contributed by atoms with Crippen LogP contribution in [0.4, 0.5) is 0 Å². The molecule has 0 spiro atoms. The minimum absolute atomic E-state index is 0.157. The molecule has 138 valence electrons. The van der Waals surface area contributed by atoms with Crippen molar-refractivity contribution in [2.45, 2.75) is 56.5 Å². The number of hydrogen-bond donors (Lipinski definition) is 3. The van der Waals surface area contributed by atoms with Crippen LogP contribution in [0.3, 0.4) is 0 Å². The molecule has 5 unspecified atom stereocenters. The van der Waals surface area contributed by atoms with E-state index in [1.54, 1.807) is 13.8 Å². The van der Waals surface area contributed by atoms with Gasteiger partial charge in [0.1, 0.15) is 24.4 Å². The zero-order valence-corrected chi connectivity index (χ0v) is 15.4. The first-order chi connectivity index (χ1) is 10.4. The van der Waals surface area contributed by atoms with Crippen LogP contribution in [0.25, 0.3) is 0 Å². The largest absolute Gasteiger partial charge is 0.388 e. The standard InChI is InChI=1S/C12H23Cl2NO7S/c1-12(2,15(13)14)4-5-23(19,20)6-7-8(16)9(17)10(18)11(21-3)22-7/h7-11,16-18H,4-6H2,1-3H3. The normalized spacial score (nSPS) is 33.2. The molecule has 0 aliphatic carbocycles. The average molecular weight is 396 g/mol. The molecule has 1 saturated heterocycles. The number of aliphatic hydroxyl groups is 3. The van der Waals surface area contributed by atoms with Gasteiger partial charge in [0, 0.05) is 12.6 Å². The summed E-state index contributed by atoms with van der Waals surface area (Å²) in [4.78, 5) is 0.